The summed E-state index contributed by atoms with van der Waals surface area (Å²) >= 11 is 1.70. The minimum atomic E-state index is -5.59. The number of nitrogens with two attached hydrogens (primary N) is 2. The number of nitrogens with zero attached hydrogens (tertiary/aromatic N) is 8. The van der Waals surface area contributed by atoms with E-state index < -0.39 is 181 Å². The summed E-state index contributed by atoms with van der Waals surface area (Å²) in [6, 6.07) is 0. The maximum atomic E-state index is 12.6. The quantitative estimate of drug-likeness (QED) is 0.0156. The molecule has 4 aromatic heterocycles. The first-order valence-electron chi connectivity index (χ1n) is 31.4. The Balaban J connectivity index is 0.000000394. The zero-order chi connectivity index (χ0) is 82.7. The van der Waals surface area contributed by atoms with Crippen molar-refractivity contribution in [1.82, 2.24) is 60.3 Å². The molecular weight excluding hydrogens is 1650 g/mol. The molecule has 2 aliphatic heterocycles. The zero-order valence-corrected chi connectivity index (χ0v) is 64.7. The van der Waals surface area contributed by atoms with Gasteiger partial charge in [0.2, 0.25) is 23.6 Å². The molecule has 4 aromatic rings. The van der Waals surface area contributed by atoms with Gasteiger partial charge in [-0.2, -0.15) is 8.62 Å². The van der Waals surface area contributed by atoms with E-state index in [1.54, 1.807) is 0 Å². The summed E-state index contributed by atoms with van der Waals surface area (Å²) in [6.07, 6.45) is -15.1. The number of aliphatic hydroxyl groups is 4. The van der Waals surface area contributed by atoms with Crippen LogP contribution >= 0.6 is 70.5 Å². The van der Waals surface area contributed by atoms with E-state index in [4.69, 9.17) is 49.2 Å². The van der Waals surface area contributed by atoms with Crippen LogP contribution in [0.4, 0.5) is 11.6 Å². The molecule has 6 rings (SSSR count). The number of carboxylic acids is 2. The third kappa shape index (κ3) is 30.8. The molecule has 110 heavy (non-hydrogen) atoms. The molecule has 0 spiro atoms. The number of phosphoric ester groups is 6. The molecule has 2 saturated heterocycles. The maximum Gasteiger partial charge on any atom is 0.481 e. The van der Waals surface area contributed by atoms with E-state index in [0.717, 1.165) is 58.0 Å². The fraction of sp³-hybridized carbons (Fsp3) is 0.640. The number of rotatable bonds is 44. The summed E-state index contributed by atoms with van der Waals surface area (Å²) in [7, 11) is -32.9. The number of aliphatic hydroxyl groups excluding tert-OH is 4. The molecule has 4 amide bonds. The number of fused-ring (bicyclic) bond motifs is 2. The Bertz CT molecular complexity index is 3950. The van der Waals surface area contributed by atoms with Crippen molar-refractivity contribution in [2.45, 2.75) is 128 Å². The Morgan fingerprint density at radius 3 is 1.17 bits per heavy atom. The summed E-state index contributed by atoms with van der Waals surface area (Å²) in [6.45, 7) is 0.426. The highest BCUT2D eigenvalue weighted by Crippen LogP contribution is 2.63. The lowest BCUT2D eigenvalue weighted by Gasteiger charge is -2.30. The van der Waals surface area contributed by atoms with Gasteiger partial charge in [-0.25, -0.2) is 57.3 Å². The molecular formula is C50H80N14O38P6S2. The van der Waals surface area contributed by atoms with Gasteiger partial charge >= 0.3 is 58.9 Å². The molecule has 620 valence electrons. The normalized spacial score (nSPS) is 21.7. The van der Waals surface area contributed by atoms with E-state index in [-0.39, 0.29) is 120 Å². The molecule has 2 fully saturated rings. The van der Waals surface area contributed by atoms with Crippen LogP contribution in [0.3, 0.4) is 0 Å². The third-order valence-electron chi connectivity index (χ3n) is 14.6. The minimum absolute atomic E-state index is 0.0197. The summed E-state index contributed by atoms with van der Waals surface area (Å²) in [4.78, 5) is 195. The molecule has 0 aromatic carbocycles. The summed E-state index contributed by atoms with van der Waals surface area (Å²) in [5, 5.41) is 68.7. The molecule has 22 N–H and O–H groups in total. The number of amides is 4. The Hall–Kier alpha value is -5.94. The lowest BCUT2D eigenvalue weighted by atomic mass is 9.87. The molecule has 52 nitrogen and oxygen atoms in total. The van der Waals surface area contributed by atoms with Crippen LogP contribution in [-0.4, -0.2) is 268 Å². The average Bonchev–Trinajstić information content (AvgIpc) is 1.62. The number of hydrogen-bond acceptors (Lipinski definition) is 38. The number of nitrogens with one attached hydrogen (secondary N) is 4. The highest BCUT2D eigenvalue weighted by Gasteiger charge is 2.53. The van der Waals surface area contributed by atoms with Crippen LogP contribution in [0.1, 0.15) is 78.7 Å². The van der Waals surface area contributed by atoms with Gasteiger partial charge < -0.3 is 112 Å². The molecule has 14 atom stereocenters. The van der Waals surface area contributed by atoms with Crippen molar-refractivity contribution < 1.29 is 181 Å². The number of nitrogen functional groups attached to an aromatic ring is 2. The van der Waals surface area contributed by atoms with E-state index in [1.165, 1.54) is 27.7 Å². The highest BCUT2D eigenvalue weighted by molar-refractivity contribution is 8.13. The second kappa shape index (κ2) is 40.9. The van der Waals surface area contributed by atoms with Crippen LogP contribution < -0.4 is 32.7 Å². The number of hydrogen-bond donors (Lipinski definition) is 20. The van der Waals surface area contributed by atoms with Crippen molar-refractivity contribution >= 4 is 150 Å². The molecule has 6 heterocycles. The molecule has 0 radical (unpaired) electrons. The number of carboxylic acid groups (broad SMARTS) is 2. The predicted octanol–water partition coefficient (Wildman–Crippen LogP) is -2.94. The Kier molecular flexibility index (Phi) is 35.2. The lowest BCUT2D eigenvalue weighted by molar-refractivity contribution is -0.138. The minimum Gasteiger partial charge on any atom is -0.481 e. The maximum absolute atomic E-state index is 12.6. The van der Waals surface area contributed by atoms with Gasteiger partial charge in [0.15, 0.2) is 45.6 Å². The molecule has 0 bridgehead atoms. The Labute approximate surface area is 628 Å². The monoisotopic (exact) mass is 1730 g/mol. The fourth-order valence-corrected chi connectivity index (χ4v) is 16.2. The summed E-state index contributed by atoms with van der Waals surface area (Å²) in [5.41, 5.74) is 8.40. The lowest BCUT2D eigenvalue weighted by Crippen LogP contribution is -2.46. The number of ether oxygens (including phenoxy) is 2. The van der Waals surface area contributed by atoms with E-state index in [0.29, 0.717) is 0 Å². The first-order valence-corrected chi connectivity index (χ1v) is 42.4. The van der Waals surface area contributed by atoms with Crippen LogP contribution in [0.2, 0.25) is 0 Å². The van der Waals surface area contributed by atoms with Gasteiger partial charge in [-0.1, -0.05) is 51.2 Å². The molecule has 0 saturated carbocycles. The van der Waals surface area contributed by atoms with Crippen molar-refractivity contribution in [1.29, 1.82) is 0 Å². The van der Waals surface area contributed by atoms with Crippen molar-refractivity contribution in [3.63, 3.8) is 0 Å². The first kappa shape index (κ1) is 94.7. The summed E-state index contributed by atoms with van der Waals surface area (Å²) in [5.74, 6) is -5.02. The summed E-state index contributed by atoms with van der Waals surface area (Å²) < 4.78 is 124. The van der Waals surface area contributed by atoms with Gasteiger partial charge in [0.05, 0.1) is 51.9 Å². The predicted molar refractivity (Wildman–Crippen MR) is 368 cm³/mol. The van der Waals surface area contributed by atoms with Gasteiger partial charge in [0.25, 0.3) is 0 Å². The Morgan fingerprint density at radius 2 is 0.845 bits per heavy atom. The second-order valence-electron chi connectivity index (χ2n) is 24.4. The number of aromatic nitrogens is 8. The van der Waals surface area contributed by atoms with E-state index >= 15 is 0 Å². The van der Waals surface area contributed by atoms with Crippen molar-refractivity contribution in [3.05, 3.63) is 25.3 Å². The third-order valence-corrected chi connectivity index (χ3v) is 22.7. The number of thioether (sulfide) groups is 2. The second-order valence-corrected chi connectivity index (χ2v) is 35.1. The number of carbonyl (C=O) groups is 8. The van der Waals surface area contributed by atoms with Gasteiger partial charge in [0, 0.05) is 74.2 Å². The van der Waals surface area contributed by atoms with Gasteiger partial charge in [-0.3, -0.25) is 74.6 Å². The zero-order valence-electron chi connectivity index (χ0n) is 57.7. The van der Waals surface area contributed by atoms with Crippen molar-refractivity contribution in [2.24, 2.45) is 10.8 Å². The number of imidazole rings is 2. The van der Waals surface area contributed by atoms with Crippen LogP contribution in [0.5, 0.6) is 0 Å². The van der Waals surface area contributed by atoms with Gasteiger partial charge in [0.1, 0.15) is 72.5 Å². The Morgan fingerprint density at radius 1 is 0.509 bits per heavy atom. The van der Waals surface area contributed by atoms with Gasteiger partial charge in [-0.15, -0.1) is 0 Å². The van der Waals surface area contributed by atoms with Gasteiger partial charge in [-0.05, 0) is 0 Å². The van der Waals surface area contributed by atoms with Crippen molar-refractivity contribution in [3.8, 4) is 0 Å². The van der Waals surface area contributed by atoms with Crippen molar-refractivity contribution in [2.75, 3.05) is 75.6 Å². The number of aliphatic carboxylic acids is 2. The largest absolute Gasteiger partial charge is 0.481 e. The molecule has 4 unspecified atom stereocenters. The van der Waals surface area contributed by atoms with Crippen LogP contribution in [0, 0.1) is 10.8 Å². The number of phosphoric acid groups is 6. The van der Waals surface area contributed by atoms with Crippen LogP contribution in [-0.2, 0) is 111 Å². The number of anilines is 2. The van der Waals surface area contributed by atoms with Crippen LogP contribution in [0.15, 0.2) is 25.3 Å². The molecule has 60 heteroatoms. The fourth-order valence-electron chi connectivity index (χ4n) is 9.15. The number of carbonyl (C=O) groups excluding carboxylic acids is 6. The van der Waals surface area contributed by atoms with E-state index in [1.807, 2.05) is 0 Å². The first-order chi connectivity index (χ1) is 50.8. The van der Waals surface area contributed by atoms with Crippen LogP contribution in [0.25, 0.3) is 22.3 Å². The van der Waals surface area contributed by atoms with E-state index in [2.05, 4.69) is 68.8 Å². The molecule has 0 aliphatic carbocycles. The topological polar surface area (TPSA) is 802 Å². The average molecular weight is 1740 g/mol. The standard InChI is InChI=1S/2C25H40N7O19P3S/c2*1-25(2,20(38)23(39)28-6-5-14(33)27-7-8-55-16(36)4-3-15(34)35)10-48-54(45,46)51-53(43,44)47-9-13-19(50-52(40,41)42)18(37)24(49-13)32-12-31-17-21(26)29-11-30-22(17)32/h2*11-13,18-20,24,37-38H,3-10H2,1-2H3,(H,27,33)(H,28,39)(H,34,35)(H,43,44)(H,45,46)(H2,26,29,30)(H2,40,41,42)/t2*13-,18-,19-,20+,24-/m11/s1. The smallest absolute Gasteiger partial charge is 0.481 e. The SMILES string of the molecule is CC(C)(COP(=O)(O)OP(=O)(O)OC[C@H]1O[C@@H](n2cnc3c(N)ncnc32)[C@H](O)[C@@H]1OP(=O)(O)O)[C@@H](O)C(=O)NCCC(=O)NCCSC(=O)CCC(=O)O.CC(C)(COP(=O)(O)OP(=O)(O)OC[C@H]1O[C@@H](n2cnc3c(N)ncnc32)[C@H](O)[C@@H]1OP(=O)(O)O)[C@@H](O)C(=O)NCCC(=O)NCCSC(=O)CCC(=O)O. The van der Waals surface area contributed by atoms with E-state index in [9.17, 15) is 125 Å². The molecule has 2 aliphatic rings. The highest BCUT2D eigenvalue weighted by atomic mass is 32.2.